The van der Waals surface area contributed by atoms with Crippen LogP contribution in [0.2, 0.25) is 0 Å². The fraction of sp³-hybridized carbons (Fsp3) is 0.0385. The van der Waals surface area contributed by atoms with Gasteiger partial charge in [-0.05, 0) is 140 Å². The summed E-state index contributed by atoms with van der Waals surface area (Å²) in [5.41, 5.74) is 18.3. The van der Waals surface area contributed by atoms with Crippen LogP contribution in [0.1, 0.15) is 22.3 Å². The third kappa shape index (κ3) is 3.52. The molecule has 0 nitrogen and oxygen atoms in total. The molecule has 240 valence electrons. The zero-order valence-electron chi connectivity index (χ0n) is 29.0. The van der Waals surface area contributed by atoms with Crippen LogP contribution in [0.25, 0.3) is 122 Å². The van der Waals surface area contributed by atoms with E-state index in [1.54, 1.807) is 0 Å². The Morgan fingerprint density at radius 2 is 0.827 bits per heavy atom. The summed E-state index contributed by atoms with van der Waals surface area (Å²) in [7, 11) is 0. The Bertz CT molecular complexity index is 3170. The summed E-state index contributed by atoms with van der Waals surface area (Å²) in [6.07, 6.45) is 4.54. The molecule has 0 bridgehead atoms. The van der Waals surface area contributed by atoms with Gasteiger partial charge in [-0.2, -0.15) is 0 Å². The lowest BCUT2D eigenvalue weighted by atomic mass is 9.80. The molecule has 0 saturated carbocycles. The van der Waals surface area contributed by atoms with Gasteiger partial charge in [-0.25, -0.2) is 0 Å². The minimum absolute atomic E-state index is 1.23. The van der Waals surface area contributed by atoms with E-state index in [1.165, 1.54) is 132 Å². The van der Waals surface area contributed by atoms with Crippen molar-refractivity contribution in [2.24, 2.45) is 0 Å². The van der Waals surface area contributed by atoms with Crippen molar-refractivity contribution in [3.05, 3.63) is 168 Å². The smallest absolute Gasteiger partial charge is 0.000718 e. The fourth-order valence-corrected chi connectivity index (χ4v) is 9.93. The van der Waals surface area contributed by atoms with E-state index in [2.05, 4.69) is 172 Å². The Hall–Kier alpha value is -6.50. The van der Waals surface area contributed by atoms with Gasteiger partial charge < -0.3 is 0 Å². The summed E-state index contributed by atoms with van der Waals surface area (Å²) in [5.74, 6) is 0. The highest BCUT2D eigenvalue weighted by Crippen LogP contribution is 2.60. The van der Waals surface area contributed by atoms with Gasteiger partial charge in [-0.1, -0.05) is 163 Å². The molecule has 0 fully saturated rings. The number of fused-ring (bicyclic) bond motifs is 6. The first-order valence-corrected chi connectivity index (χ1v) is 18.4. The van der Waals surface area contributed by atoms with Crippen molar-refractivity contribution in [1.29, 1.82) is 0 Å². The Kier molecular flexibility index (Phi) is 5.46. The molecule has 0 aromatic heterocycles. The van der Waals surface area contributed by atoms with Crippen LogP contribution in [-0.4, -0.2) is 0 Å². The lowest BCUT2D eigenvalue weighted by Gasteiger charge is -2.23. The van der Waals surface area contributed by atoms with Crippen LogP contribution >= 0.6 is 0 Å². The lowest BCUT2D eigenvalue weighted by molar-refractivity contribution is 1.40. The molecule has 0 N–H and O–H groups in total. The molecule has 52 heavy (non-hydrogen) atoms. The molecule has 0 heteroatoms. The number of hydrogen-bond acceptors (Lipinski definition) is 0. The van der Waals surface area contributed by atoms with Crippen LogP contribution in [0.4, 0.5) is 0 Å². The molecule has 0 heterocycles. The van der Waals surface area contributed by atoms with Crippen molar-refractivity contribution < 1.29 is 0 Å². The fourth-order valence-electron chi connectivity index (χ4n) is 9.93. The average Bonchev–Trinajstić information content (AvgIpc) is 3.77. The Morgan fingerprint density at radius 3 is 1.46 bits per heavy atom. The van der Waals surface area contributed by atoms with Crippen LogP contribution in [-0.2, 0) is 0 Å². The second-order valence-corrected chi connectivity index (χ2v) is 14.8. The van der Waals surface area contributed by atoms with Crippen LogP contribution in [0.15, 0.2) is 146 Å². The summed E-state index contributed by atoms with van der Waals surface area (Å²) in [6, 6.07) is 55.1. The molecular formula is C52H32. The van der Waals surface area contributed by atoms with E-state index in [9.17, 15) is 0 Å². The van der Waals surface area contributed by atoms with E-state index >= 15 is 0 Å². The van der Waals surface area contributed by atoms with Gasteiger partial charge >= 0.3 is 0 Å². The average molecular weight is 657 g/mol. The van der Waals surface area contributed by atoms with Crippen LogP contribution in [0.3, 0.4) is 0 Å². The number of benzene rings is 10. The molecule has 0 amide bonds. The molecule has 10 aromatic rings. The summed E-state index contributed by atoms with van der Waals surface area (Å²) in [5, 5.41) is 13.5. The maximum Gasteiger partial charge on any atom is -0.000718 e. The zero-order chi connectivity index (χ0) is 34.2. The van der Waals surface area contributed by atoms with Crippen molar-refractivity contribution >= 4 is 66.0 Å². The molecular weight excluding hydrogens is 625 g/mol. The third-order valence-electron chi connectivity index (χ3n) is 12.1. The number of aryl methyl sites for hydroxylation is 2. The highest BCUT2D eigenvalue weighted by Gasteiger charge is 2.33. The summed E-state index contributed by atoms with van der Waals surface area (Å²) in [4.78, 5) is 0. The Labute approximate surface area is 302 Å². The van der Waals surface area contributed by atoms with Gasteiger partial charge in [-0.15, -0.1) is 0 Å². The van der Waals surface area contributed by atoms with E-state index in [4.69, 9.17) is 0 Å². The molecule has 0 aliphatic heterocycles. The zero-order valence-corrected chi connectivity index (χ0v) is 29.0. The van der Waals surface area contributed by atoms with Gasteiger partial charge in [0.1, 0.15) is 0 Å². The number of hydrogen-bond donors (Lipinski definition) is 0. The highest BCUT2D eigenvalue weighted by atomic mass is 14.4. The first-order valence-electron chi connectivity index (χ1n) is 18.4. The standard InChI is InChI=1S/C52H32/c1-29-16-17-30(2)44(28-29)49-37-15-9-8-14-36(37)48(35-13-7-6-12-34(35)31-10-4-3-5-11-31)51-42-26-24-40-38-22-20-32-18-19-33-21-23-39(46(38)45(32)33)41-25-27-43(52(49)51)50(42)47(40)41/h3-28H,1-2H3. The molecule has 0 atom stereocenters. The summed E-state index contributed by atoms with van der Waals surface area (Å²) in [6.45, 7) is 4.49. The first kappa shape index (κ1) is 28.2. The first-order chi connectivity index (χ1) is 25.7. The van der Waals surface area contributed by atoms with E-state index in [0.29, 0.717) is 0 Å². The van der Waals surface area contributed by atoms with Crippen LogP contribution in [0, 0.1) is 13.8 Å². The molecule has 2 aliphatic rings. The Morgan fingerprint density at radius 1 is 0.308 bits per heavy atom. The maximum absolute atomic E-state index is 2.44. The predicted octanol–water partition coefficient (Wildman–Crippen LogP) is 14.6. The van der Waals surface area contributed by atoms with Crippen molar-refractivity contribution in [3.63, 3.8) is 0 Å². The summed E-state index contributed by atoms with van der Waals surface area (Å²) >= 11 is 0. The van der Waals surface area contributed by atoms with E-state index < -0.39 is 0 Å². The van der Waals surface area contributed by atoms with Crippen molar-refractivity contribution in [2.75, 3.05) is 0 Å². The van der Waals surface area contributed by atoms with Gasteiger partial charge in [0.05, 0.1) is 0 Å². The monoisotopic (exact) mass is 656 g/mol. The third-order valence-corrected chi connectivity index (χ3v) is 12.1. The Balaban J connectivity index is 1.31. The highest BCUT2D eigenvalue weighted by molar-refractivity contribution is 6.40. The molecule has 0 spiro atoms. The number of rotatable bonds is 3. The molecule has 12 rings (SSSR count). The largest absolute Gasteiger partial charge is 0.0622 e. The minimum Gasteiger partial charge on any atom is -0.0622 e. The second-order valence-electron chi connectivity index (χ2n) is 14.8. The van der Waals surface area contributed by atoms with Gasteiger partial charge in [0.25, 0.3) is 0 Å². The SMILES string of the molecule is Cc1ccc(C)c(-c2c3c(c(-c4ccccc4-c4ccccc4)c4ccccc24)-c2ccc4c5ccc6c7c(ccc(c8ccc-3c2c84)c75)C=C6)c1. The van der Waals surface area contributed by atoms with Gasteiger partial charge in [0.15, 0.2) is 0 Å². The van der Waals surface area contributed by atoms with Crippen molar-refractivity contribution in [1.82, 2.24) is 0 Å². The lowest BCUT2D eigenvalue weighted by Crippen LogP contribution is -1.96. The quantitative estimate of drug-likeness (QED) is 0.131. The topological polar surface area (TPSA) is 0 Å². The second kappa shape index (κ2) is 10.1. The molecule has 10 aromatic carbocycles. The van der Waals surface area contributed by atoms with Crippen molar-refractivity contribution in [2.45, 2.75) is 13.8 Å². The van der Waals surface area contributed by atoms with E-state index in [1.807, 2.05) is 0 Å². The normalized spacial score (nSPS) is 12.7. The van der Waals surface area contributed by atoms with Gasteiger partial charge in [0.2, 0.25) is 0 Å². The van der Waals surface area contributed by atoms with Crippen LogP contribution in [0.5, 0.6) is 0 Å². The predicted molar refractivity (Wildman–Crippen MR) is 224 cm³/mol. The van der Waals surface area contributed by atoms with E-state index in [-0.39, 0.29) is 0 Å². The summed E-state index contributed by atoms with van der Waals surface area (Å²) < 4.78 is 0. The molecule has 0 saturated heterocycles. The van der Waals surface area contributed by atoms with Crippen LogP contribution < -0.4 is 0 Å². The van der Waals surface area contributed by atoms with Gasteiger partial charge in [-0.3, -0.25) is 0 Å². The molecule has 0 unspecified atom stereocenters. The van der Waals surface area contributed by atoms with Crippen molar-refractivity contribution in [3.8, 4) is 55.6 Å². The molecule has 2 aliphatic carbocycles. The minimum atomic E-state index is 1.23. The van der Waals surface area contributed by atoms with E-state index in [0.717, 1.165) is 0 Å². The maximum atomic E-state index is 2.44. The molecule has 0 radical (unpaired) electrons. The van der Waals surface area contributed by atoms with Gasteiger partial charge in [0, 0.05) is 0 Å².